The minimum absolute atomic E-state index is 0.0347. The molecule has 1 rings (SSSR count). The van der Waals surface area contributed by atoms with Gasteiger partial charge in [0.1, 0.15) is 0 Å². The zero-order valence-corrected chi connectivity index (χ0v) is 12.7. The average molecular weight is 314 g/mol. The number of nitrogen functional groups attached to an aromatic ring is 1. The number of halogens is 1. The van der Waals surface area contributed by atoms with Gasteiger partial charge in [0.2, 0.25) is 0 Å². The lowest BCUT2D eigenvalue weighted by atomic mass is 10.1. The Morgan fingerprint density at radius 2 is 1.94 bits per heavy atom. The van der Waals surface area contributed by atoms with Crippen molar-refractivity contribution in [1.29, 1.82) is 0 Å². The van der Waals surface area contributed by atoms with Crippen molar-refractivity contribution in [3.05, 3.63) is 28.2 Å². The Morgan fingerprint density at radius 1 is 1.28 bits per heavy atom. The molecule has 4 nitrogen and oxygen atoms in total. The van der Waals surface area contributed by atoms with Crippen LogP contribution >= 0.6 is 15.9 Å². The normalized spacial score (nSPS) is 10.7. The largest absolute Gasteiger partial charge is 0.398 e. The Bertz CT molecular complexity index is 421. The van der Waals surface area contributed by atoms with Crippen LogP contribution in [0.1, 0.15) is 16.8 Å². The van der Waals surface area contributed by atoms with Crippen LogP contribution in [0.2, 0.25) is 0 Å². The average Bonchev–Trinajstić information content (AvgIpc) is 2.30. The van der Waals surface area contributed by atoms with Crippen LogP contribution in [0.3, 0.4) is 0 Å². The molecule has 0 fully saturated rings. The summed E-state index contributed by atoms with van der Waals surface area (Å²) in [6.45, 7) is 1.69. The second kappa shape index (κ2) is 6.75. The first-order valence-electron chi connectivity index (χ1n) is 5.87. The number of benzene rings is 1. The maximum absolute atomic E-state index is 12.2. The number of hydrogen-bond donors (Lipinski definition) is 1. The summed E-state index contributed by atoms with van der Waals surface area (Å²) < 4.78 is 0.863. The van der Waals surface area contributed by atoms with Gasteiger partial charge in [-0.15, -0.1) is 0 Å². The van der Waals surface area contributed by atoms with E-state index in [4.69, 9.17) is 5.73 Å². The predicted molar refractivity (Wildman–Crippen MR) is 78.7 cm³/mol. The number of nitrogens with two attached hydrogens (primary N) is 1. The Balaban J connectivity index is 2.65. The number of carbonyl (C=O) groups is 1. The lowest BCUT2D eigenvalue weighted by molar-refractivity contribution is 0.0791. The van der Waals surface area contributed by atoms with Gasteiger partial charge in [0, 0.05) is 23.8 Å². The number of rotatable bonds is 5. The van der Waals surface area contributed by atoms with Crippen molar-refractivity contribution in [2.45, 2.75) is 6.42 Å². The molecule has 0 unspecified atom stereocenters. The minimum atomic E-state index is -0.0347. The summed E-state index contributed by atoms with van der Waals surface area (Å²) in [6.07, 6.45) is 0.948. The van der Waals surface area contributed by atoms with E-state index in [1.807, 2.05) is 20.2 Å². The third-order valence-corrected chi connectivity index (χ3v) is 3.18. The van der Waals surface area contributed by atoms with Crippen molar-refractivity contribution in [3.8, 4) is 0 Å². The van der Waals surface area contributed by atoms with Crippen molar-refractivity contribution in [2.24, 2.45) is 0 Å². The van der Waals surface area contributed by atoms with Gasteiger partial charge in [-0.2, -0.15) is 0 Å². The second-order valence-corrected chi connectivity index (χ2v) is 5.53. The van der Waals surface area contributed by atoms with Gasteiger partial charge in [0.05, 0.1) is 5.56 Å². The van der Waals surface area contributed by atoms with E-state index in [0.29, 0.717) is 11.3 Å². The summed E-state index contributed by atoms with van der Waals surface area (Å²) >= 11 is 3.35. The van der Waals surface area contributed by atoms with E-state index in [-0.39, 0.29) is 5.91 Å². The van der Waals surface area contributed by atoms with E-state index < -0.39 is 0 Å². The molecule has 1 amide bonds. The van der Waals surface area contributed by atoms with Crippen LogP contribution in [-0.4, -0.2) is 49.9 Å². The van der Waals surface area contributed by atoms with Crippen LogP contribution in [0.5, 0.6) is 0 Å². The van der Waals surface area contributed by atoms with Crippen molar-refractivity contribution < 1.29 is 4.79 Å². The predicted octanol–water partition coefficient (Wildman–Crippen LogP) is 2.05. The Kier molecular flexibility index (Phi) is 5.62. The molecule has 100 valence electrons. The van der Waals surface area contributed by atoms with E-state index in [2.05, 4.69) is 20.8 Å². The van der Waals surface area contributed by atoms with Crippen LogP contribution in [0.4, 0.5) is 5.69 Å². The standard InChI is InChI=1S/C13H20BrN3O/c1-16(2)7-4-8-17(3)13(18)11-9-10(14)5-6-12(11)15/h5-6,9H,4,7-8,15H2,1-3H3. The first-order chi connectivity index (χ1) is 8.41. The molecule has 0 saturated heterocycles. The Hall–Kier alpha value is -1.07. The topological polar surface area (TPSA) is 49.6 Å². The van der Waals surface area contributed by atoms with Crippen LogP contribution < -0.4 is 5.73 Å². The smallest absolute Gasteiger partial charge is 0.255 e. The molecule has 0 radical (unpaired) electrons. The highest BCUT2D eigenvalue weighted by molar-refractivity contribution is 9.10. The highest BCUT2D eigenvalue weighted by Gasteiger charge is 2.14. The van der Waals surface area contributed by atoms with Gasteiger partial charge in [-0.3, -0.25) is 4.79 Å². The summed E-state index contributed by atoms with van der Waals surface area (Å²) in [7, 11) is 5.85. The fourth-order valence-electron chi connectivity index (χ4n) is 1.64. The summed E-state index contributed by atoms with van der Waals surface area (Å²) in [5, 5.41) is 0. The second-order valence-electron chi connectivity index (χ2n) is 4.62. The van der Waals surface area contributed by atoms with Crippen molar-refractivity contribution >= 4 is 27.5 Å². The fraction of sp³-hybridized carbons (Fsp3) is 0.462. The maximum atomic E-state index is 12.2. The van der Waals surface area contributed by atoms with Crippen LogP contribution in [0.15, 0.2) is 22.7 Å². The maximum Gasteiger partial charge on any atom is 0.255 e. The quantitative estimate of drug-likeness (QED) is 0.846. The highest BCUT2D eigenvalue weighted by Crippen LogP contribution is 2.19. The SMILES string of the molecule is CN(C)CCCN(C)C(=O)c1cc(Br)ccc1N. The van der Waals surface area contributed by atoms with Crippen LogP contribution in [-0.2, 0) is 0 Å². The monoisotopic (exact) mass is 313 g/mol. The number of amides is 1. The first-order valence-corrected chi connectivity index (χ1v) is 6.66. The van der Waals surface area contributed by atoms with Gasteiger partial charge in [0.25, 0.3) is 5.91 Å². The van der Waals surface area contributed by atoms with Crippen LogP contribution in [0, 0.1) is 0 Å². The summed E-state index contributed by atoms with van der Waals surface area (Å²) in [6, 6.07) is 5.34. The van der Waals surface area contributed by atoms with Crippen molar-refractivity contribution in [2.75, 3.05) is 40.0 Å². The van der Waals surface area contributed by atoms with Crippen LogP contribution in [0.25, 0.3) is 0 Å². The molecule has 5 heteroatoms. The summed E-state index contributed by atoms with van der Waals surface area (Å²) in [5.74, 6) is -0.0347. The molecule has 0 aliphatic carbocycles. The molecular weight excluding hydrogens is 294 g/mol. The first kappa shape index (κ1) is 15.0. The molecular formula is C13H20BrN3O. The third-order valence-electron chi connectivity index (χ3n) is 2.69. The molecule has 0 saturated carbocycles. The molecule has 0 aliphatic rings. The molecule has 0 bridgehead atoms. The van der Waals surface area contributed by atoms with E-state index in [1.54, 1.807) is 24.1 Å². The van der Waals surface area contributed by atoms with Gasteiger partial charge in [0.15, 0.2) is 0 Å². The van der Waals surface area contributed by atoms with Gasteiger partial charge < -0.3 is 15.5 Å². The number of hydrogen-bond acceptors (Lipinski definition) is 3. The lowest BCUT2D eigenvalue weighted by Gasteiger charge is -2.19. The third kappa shape index (κ3) is 4.31. The van der Waals surface area contributed by atoms with Crippen molar-refractivity contribution in [3.63, 3.8) is 0 Å². The van der Waals surface area contributed by atoms with Gasteiger partial charge in [-0.05, 0) is 45.3 Å². The summed E-state index contributed by atoms with van der Waals surface area (Å²) in [4.78, 5) is 16.0. The van der Waals surface area contributed by atoms with Gasteiger partial charge in [-0.25, -0.2) is 0 Å². The molecule has 1 aromatic carbocycles. The molecule has 1 aromatic rings. The zero-order valence-electron chi connectivity index (χ0n) is 11.1. The molecule has 0 aliphatic heterocycles. The molecule has 0 heterocycles. The number of carbonyl (C=O) groups excluding carboxylic acids is 1. The molecule has 0 spiro atoms. The fourth-order valence-corrected chi connectivity index (χ4v) is 2.01. The minimum Gasteiger partial charge on any atom is -0.398 e. The van der Waals surface area contributed by atoms with Gasteiger partial charge in [-0.1, -0.05) is 15.9 Å². The summed E-state index contributed by atoms with van der Waals surface area (Å²) in [5.41, 5.74) is 6.90. The molecule has 18 heavy (non-hydrogen) atoms. The van der Waals surface area contributed by atoms with Crippen molar-refractivity contribution in [1.82, 2.24) is 9.80 Å². The molecule has 0 atom stereocenters. The Morgan fingerprint density at radius 3 is 2.56 bits per heavy atom. The lowest BCUT2D eigenvalue weighted by Crippen LogP contribution is -2.30. The van der Waals surface area contributed by atoms with E-state index >= 15 is 0 Å². The number of anilines is 1. The number of nitrogens with zero attached hydrogens (tertiary/aromatic N) is 2. The van der Waals surface area contributed by atoms with Gasteiger partial charge >= 0.3 is 0 Å². The molecule has 2 N–H and O–H groups in total. The van der Waals surface area contributed by atoms with E-state index in [9.17, 15) is 4.79 Å². The zero-order chi connectivity index (χ0) is 13.7. The van der Waals surface area contributed by atoms with E-state index in [1.165, 1.54) is 0 Å². The van der Waals surface area contributed by atoms with E-state index in [0.717, 1.165) is 24.0 Å². The Labute approximate surface area is 117 Å². The molecule has 0 aromatic heterocycles. The highest BCUT2D eigenvalue weighted by atomic mass is 79.9.